The van der Waals surface area contributed by atoms with Crippen molar-refractivity contribution in [2.24, 2.45) is 35.5 Å². The number of carboxylic acid groups (broad SMARTS) is 1. The first-order valence-electron chi connectivity index (χ1n) is 15.0. The third kappa shape index (κ3) is 4.77. The SMILES string of the molecule is Cc1cccc(COc2ccc(Br)cc2[C@H]2c3sc(=O)[nH]c3SC3C4CC(C5C(=O)N(C(CC(C)C)C(=O)O)C(=O)C45)C32)c1. The number of likely N-dealkylation sites (tertiary alicyclic amines) is 1. The number of hydrogen-bond donors (Lipinski definition) is 2. The van der Waals surface area contributed by atoms with Gasteiger partial charge in [0, 0.05) is 26.1 Å². The molecule has 2 saturated carbocycles. The van der Waals surface area contributed by atoms with Crippen LogP contribution in [-0.2, 0) is 21.0 Å². The van der Waals surface area contributed by atoms with E-state index >= 15 is 0 Å². The van der Waals surface area contributed by atoms with Crippen molar-refractivity contribution in [1.29, 1.82) is 0 Å². The van der Waals surface area contributed by atoms with Crippen molar-refractivity contribution >= 4 is 56.8 Å². The molecular weight excluding hydrogens is 664 g/mol. The molecule has 2 N–H and O–H groups in total. The van der Waals surface area contributed by atoms with Crippen LogP contribution in [-0.4, -0.2) is 44.1 Å². The summed E-state index contributed by atoms with van der Waals surface area (Å²) in [6, 6.07) is 13.0. The van der Waals surface area contributed by atoms with Crippen molar-refractivity contribution < 1.29 is 24.2 Å². The molecule has 8 nitrogen and oxygen atoms in total. The molecule has 8 atom stereocenters. The predicted molar refractivity (Wildman–Crippen MR) is 171 cm³/mol. The molecule has 2 bridgehead atoms. The van der Waals surface area contributed by atoms with Gasteiger partial charge in [-0.2, -0.15) is 0 Å². The minimum absolute atomic E-state index is 0.00215. The van der Waals surface area contributed by atoms with E-state index in [-0.39, 0.29) is 57.9 Å². The lowest BCUT2D eigenvalue weighted by Gasteiger charge is -2.43. The number of benzene rings is 2. The zero-order valence-corrected chi connectivity index (χ0v) is 27.7. The third-order valence-corrected chi connectivity index (χ3v) is 12.9. The Morgan fingerprint density at radius 1 is 1.11 bits per heavy atom. The van der Waals surface area contributed by atoms with Gasteiger partial charge < -0.3 is 14.8 Å². The number of aromatic nitrogens is 1. The summed E-state index contributed by atoms with van der Waals surface area (Å²) in [5.41, 5.74) is 3.14. The van der Waals surface area contributed by atoms with Gasteiger partial charge in [0.15, 0.2) is 0 Å². The molecule has 0 radical (unpaired) electrons. The minimum Gasteiger partial charge on any atom is -0.489 e. The van der Waals surface area contributed by atoms with Gasteiger partial charge in [0.05, 0.1) is 16.9 Å². The van der Waals surface area contributed by atoms with Crippen molar-refractivity contribution in [3.8, 4) is 5.75 Å². The highest BCUT2D eigenvalue weighted by Crippen LogP contribution is 2.69. The summed E-state index contributed by atoms with van der Waals surface area (Å²) in [6.45, 7) is 6.23. The maximum atomic E-state index is 14.0. The van der Waals surface area contributed by atoms with E-state index in [9.17, 15) is 24.3 Å². The van der Waals surface area contributed by atoms with Gasteiger partial charge in [0.2, 0.25) is 11.8 Å². The van der Waals surface area contributed by atoms with Crippen molar-refractivity contribution in [1.82, 2.24) is 9.88 Å². The summed E-state index contributed by atoms with van der Waals surface area (Å²) in [4.78, 5) is 57.9. The lowest BCUT2D eigenvalue weighted by Crippen LogP contribution is -2.47. The Morgan fingerprint density at radius 2 is 1.86 bits per heavy atom. The molecule has 1 saturated heterocycles. The number of fused-ring (bicyclic) bond motifs is 9. The molecule has 1 aromatic heterocycles. The Morgan fingerprint density at radius 3 is 2.57 bits per heavy atom. The van der Waals surface area contributed by atoms with Gasteiger partial charge in [0.25, 0.3) is 0 Å². The molecule has 2 aliphatic carbocycles. The quantitative estimate of drug-likeness (QED) is 0.275. The van der Waals surface area contributed by atoms with Crippen LogP contribution >= 0.6 is 39.0 Å². The van der Waals surface area contributed by atoms with Crippen LogP contribution in [0.3, 0.4) is 0 Å². The summed E-state index contributed by atoms with van der Waals surface area (Å²) in [5, 5.41) is 10.9. The van der Waals surface area contributed by atoms with Crippen LogP contribution < -0.4 is 9.61 Å². The topological polar surface area (TPSA) is 117 Å². The Labute approximate surface area is 271 Å². The molecule has 230 valence electrons. The molecule has 4 aliphatic rings. The summed E-state index contributed by atoms with van der Waals surface area (Å²) in [5.74, 6) is -2.61. The zero-order chi connectivity index (χ0) is 31.0. The number of aliphatic carboxylic acids is 1. The molecule has 7 unspecified atom stereocenters. The number of H-pyrrole nitrogens is 1. The van der Waals surface area contributed by atoms with Gasteiger partial charge in [-0.3, -0.25) is 19.3 Å². The molecule has 0 spiro atoms. The average Bonchev–Trinajstić information content (AvgIpc) is 3.70. The molecule has 2 aliphatic heterocycles. The van der Waals surface area contributed by atoms with E-state index in [1.807, 2.05) is 51.1 Å². The molecule has 3 heterocycles. The number of hydrogen-bond acceptors (Lipinski definition) is 7. The number of carbonyl (C=O) groups is 3. The third-order valence-electron chi connectivity index (χ3n) is 9.83. The standard InChI is InChI=1S/C33H33BrN2O6S2/c1-14(2)9-21(32(39)40)36-30(37)25-19-12-20(26(25)31(36)38)27-24(19)23(28-29(43-27)35-33(41)44-28)18-11-17(34)7-8-22(18)42-13-16-6-4-5-15(3)10-16/h4-8,10-11,14,19-21,23-27H,9,12-13H2,1-3H3,(H,35,41)(H,39,40)/t19?,20?,21?,23-,24?,25?,26?,27?/m1/s1. The minimum atomic E-state index is -1.16. The fourth-order valence-electron chi connectivity index (χ4n) is 8.32. The number of nitrogens with one attached hydrogen (secondary N) is 1. The van der Waals surface area contributed by atoms with E-state index in [1.54, 1.807) is 11.8 Å². The van der Waals surface area contributed by atoms with E-state index in [4.69, 9.17) is 4.74 Å². The fourth-order valence-corrected chi connectivity index (χ4v) is 11.6. The first-order chi connectivity index (χ1) is 21.0. The van der Waals surface area contributed by atoms with E-state index in [0.29, 0.717) is 6.61 Å². The number of ether oxygens (including phenoxy) is 1. The highest BCUT2D eigenvalue weighted by Gasteiger charge is 2.70. The molecule has 44 heavy (non-hydrogen) atoms. The fraction of sp³-hybridized carbons (Fsp3) is 0.455. The van der Waals surface area contributed by atoms with Crippen LogP contribution in [0.4, 0.5) is 0 Å². The van der Waals surface area contributed by atoms with Gasteiger partial charge >= 0.3 is 10.8 Å². The number of nitrogens with zero attached hydrogens (tertiary/aromatic N) is 1. The lowest BCUT2D eigenvalue weighted by molar-refractivity contribution is -0.156. The van der Waals surface area contributed by atoms with Crippen LogP contribution in [0, 0.1) is 42.4 Å². The summed E-state index contributed by atoms with van der Waals surface area (Å²) >= 11 is 6.47. The first kappa shape index (κ1) is 29.8. The van der Waals surface area contributed by atoms with Crippen LogP contribution in [0.1, 0.15) is 54.2 Å². The Kier molecular flexibility index (Phi) is 7.57. The smallest absolute Gasteiger partial charge is 0.326 e. The van der Waals surface area contributed by atoms with Gasteiger partial charge in [-0.25, -0.2) is 4.79 Å². The Balaban J connectivity index is 1.29. The summed E-state index contributed by atoms with van der Waals surface area (Å²) in [6.07, 6.45) is 0.956. The second-order valence-corrected chi connectivity index (χ2v) is 16.1. The van der Waals surface area contributed by atoms with Gasteiger partial charge in [-0.1, -0.05) is 70.9 Å². The second-order valence-electron chi connectivity index (χ2n) is 13.0. The van der Waals surface area contributed by atoms with Gasteiger partial charge in [-0.15, -0.1) is 11.8 Å². The number of thiazole rings is 1. The van der Waals surface area contributed by atoms with Crippen molar-refractivity contribution in [2.75, 3.05) is 0 Å². The first-order valence-corrected chi connectivity index (χ1v) is 17.5. The number of carboxylic acids is 1. The van der Waals surface area contributed by atoms with Gasteiger partial charge in [0.1, 0.15) is 18.4 Å². The lowest BCUT2D eigenvalue weighted by atomic mass is 9.68. The van der Waals surface area contributed by atoms with Crippen molar-refractivity contribution in [3.05, 3.63) is 78.2 Å². The molecule has 3 aromatic rings. The predicted octanol–water partition coefficient (Wildman–Crippen LogP) is 6.06. The zero-order valence-electron chi connectivity index (χ0n) is 24.5. The number of aromatic amines is 1. The van der Waals surface area contributed by atoms with Crippen LogP contribution in [0.2, 0.25) is 0 Å². The highest BCUT2D eigenvalue weighted by molar-refractivity contribution is 9.10. The second kappa shape index (κ2) is 11.2. The van der Waals surface area contributed by atoms with E-state index in [1.165, 1.54) is 11.3 Å². The number of rotatable bonds is 8. The number of halogens is 1. The molecule has 3 fully saturated rings. The molecule has 2 aromatic carbocycles. The largest absolute Gasteiger partial charge is 0.489 e. The Bertz CT molecular complexity index is 1730. The number of thioether (sulfide) groups is 1. The number of carbonyl (C=O) groups excluding carboxylic acids is 2. The average molecular weight is 698 g/mol. The van der Waals surface area contributed by atoms with Crippen LogP contribution in [0.25, 0.3) is 0 Å². The van der Waals surface area contributed by atoms with E-state index in [2.05, 4.69) is 33.0 Å². The Hall–Kier alpha value is -2.89. The van der Waals surface area contributed by atoms with Crippen molar-refractivity contribution in [3.63, 3.8) is 0 Å². The maximum Gasteiger partial charge on any atom is 0.326 e. The normalized spacial score (nSPS) is 29.1. The molecule has 2 amide bonds. The molecular formula is C33H33BrN2O6S2. The molecule has 11 heteroatoms. The summed E-state index contributed by atoms with van der Waals surface area (Å²) in [7, 11) is 0. The van der Waals surface area contributed by atoms with Gasteiger partial charge in [-0.05, 0) is 67.2 Å². The van der Waals surface area contributed by atoms with Crippen LogP contribution in [0.5, 0.6) is 5.75 Å². The highest BCUT2D eigenvalue weighted by atomic mass is 79.9. The van der Waals surface area contributed by atoms with E-state index in [0.717, 1.165) is 48.1 Å². The molecule has 7 rings (SSSR count). The van der Waals surface area contributed by atoms with Crippen molar-refractivity contribution in [2.45, 2.75) is 62.5 Å². The number of imide groups is 1. The van der Waals surface area contributed by atoms with E-state index < -0.39 is 23.8 Å². The van der Waals surface area contributed by atoms with Crippen LogP contribution in [0.15, 0.2) is 56.8 Å². The maximum absolute atomic E-state index is 14.0. The number of amides is 2. The summed E-state index contributed by atoms with van der Waals surface area (Å²) < 4.78 is 7.35. The monoisotopic (exact) mass is 696 g/mol. The number of aryl methyl sites for hydroxylation is 1.